The number of amides is 1. The van der Waals surface area contributed by atoms with Crippen LogP contribution in [0.3, 0.4) is 0 Å². The molecule has 2 heterocycles. The summed E-state index contributed by atoms with van der Waals surface area (Å²) in [6.45, 7) is 6.99. The highest BCUT2D eigenvalue weighted by Gasteiger charge is 2.27. The number of benzene rings is 1. The number of imidazole rings is 1. The van der Waals surface area contributed by atoms with Crippen LogP contribution in [0.25, 0.3) is 11.4 Å². The van der Waals surface area contributed by atoms with Crippen molar-refractivity contribution in [3.63, 3.8) is 0 Å². The van der Waals surface area contributed by atoms with Crippen molar-refractivity contribution in [3.8, 4) is 11.4 Å². The van der Waals surface area contributed by atoms with E-state index >= 15 is 0 Å². The quantitative estimate of drug-likeness (QED) is 0.757. The maximum Gasteiger partial charge on any atom is 0.251 e. The Morgan fingerprint density at radius 1 is 1.23 bits per heavy atom. The summed E-state index contributed by atoms with van der Waals surface area (Å²) in [7, 11) is 1.71. The van der Waals surface area contributed by atoms with Gasteiger partial charge in [0.05, 0.1) is 19.4 Å². The van der Waals surface area contributed by atoms with Crippen LogP contribution < -0.4 is 5.32 Å². The van der Waals surface area contributed by atoms with E-state index in [4.69, 9.17) is 0 Å². The number of rotatable bonds is 5. The zero-order valence-electron chi connectivity index (χ0n) is 15.4. The molecule has 1 aromatic carbocycles. The molecule has 0 unspecified atom stereocenters. The lowest BCUT2D eigenvalue weighted by Crippen LogP contribution is -2.46. The minimum absolute atomic E-state index is 0.0365. The minimum Gasteiger partial charge on any atom is -0.347 e. The Balaban J connectivity index is 1.72. The molecule has 26 heavy (non-hydrogen) atoms. The summed E-state index contributed by atoms with van der Waals surface area (Å²) in [5.74, 6) is 0.427. The number of aryl methyl sites for hydroxylation is 1. The summed E-state index contributed by atoms with van der Waals surface area (Å²) in [6, 6.07) is 7.17. The molecule has 3 aromatic rings. The first kappa shape index (κ1) is 17.8. The predicted molar refractivity (Wildman–Crippen MR) is 97.2 cm³/mol. The van der Waals surface area contributed by atoms with Crippen molar-refractivity contribution in [2.75, 3.05) is 0 Å². The Hall–Kier alpha value is -3.03. The molecule has 0 saturated heterocycles. The number of carbonyl (C=O) groups is 1. The fourth-order valence-electron chi connectivity index (χ4n) is 2.55. The van der Waals surface area contributed by atoms with Gasteiger partial charge in [0, 0.05) is 30.1 Å². The molecule has 8 heteroatoms. The van der Waals surface area contributed by atoms with Gasteiger partial charge < -0.3 is 9.88 Å². The molecular weight excluding hydrogens is 330 g/mol. The summed E-state index contributed by atoms with van der Waals surface area (Å²) in [6.07, 6.45) is 5.39. The van der Waals surface area contributed by atoms with Crippen molar-refractivity contribution >= 4 is 5.91 Å². The van der Waals surface area contributed by atoms with E-state index in [-0.39, 0.29) is 17.4 Å². The third-order valence-electron chi connectivity index (χ3n) is 4.22. The summed E-state index contributed by atoms with van der Waals surface area (Å²) in [4.78, 5) is 18.2. The van der Waals surface area contributed by atoms with E-state index in [9.17, 15) is 4.79 Å². The van der Waals surface area contributed by atoms with Crippen molar-refractivity contribution in [3.05, 3.63) is 48.5 Å². The van der Waals surface area contributed by atoms with Gasteiger partial charge in [-0.25, -0.2) is 4.98 Å². The Morgan fingerprint density at radius 3 is 2.50 bits per heavy atom. The van der Waals surface area contributed by atoms with Crippen LogP contribution in [-0.2, 0) is 13.6 Å². The third kappa shape index (κ3) is 4.14. The predicted octanol–water partition coefficient (Wildman–Crippen LogP) is 1.92. The molecule has 0 fully saturated rings. The van der Waals surface area contributed by atoms with Crippen molar-refractivity contribution in [2.24, 2.45) is 12.5 Å². The van der Waals surface area contributed by atoms with Crippen molar-refractivity contribution in [1.82, 2.24) is 35.1 Å². The van der Waals surface area contributed by atoms with Crippen LogP contribution in [0.1, 0.15) is 31.1 Å². The van der Waals surface area contributed by atoms with E-state index < -0.39 is 0 Å². The molecule has 136 valence electrons. The number of nitrogens with one attached hydrogen (secondary N) is 1. The summed E-state index contributed by atoms with van der Waals surface area (Å²) in [5, 5.41) is 15.1. The molecular formula is C18H23N7O. The average molecular weight is 353 g/mol. The van der Waals surface area contributed by atoms with Crippen LogP contribution in [0.4, 0.5) is 0 Å². The van der Waals surface area contributed by atoms with Crippen LogP contribution in [0.2, 0.25) is 0 Å². The lowest BCUT2D eigenvalue weighted by Gasteiger charge is -2.31. The molecule has 1 N–H and O–H groups in total. The van der Waals surface area contributed by atoms with Crippen LogP contribution >= 0.6 is 0 Å². The fourth-order valence-corrected chi connectivity index (χ4v) is 2.55. The Labute approximate surface area is 152 Å². The fraction of sp³-hybridized carbons (Fsp3) is 0.389. The molecule has 0 spiro atoms. The van der Waals surface area contributed by atoms with Gasteiger partial charge in [-0.05, 0) is 22.8 Å². The Morgan fingerprint density at radius 2 is 1.96 bits per heavy atom. The molecule has 0 aliphatic rings. The van der Waals surface area contributed by atoms with Crippen molar-refractivity contribution in [2.45, 2.75) is 33.4 Å². The number of tetrazole rings is 1. The van der Waals surface area contributed by atoms with Crippen molar-refractivity contribution < 1.29 is 4.79 Å². The maximum absolute atomic E-state index is 12.7. The molecule has 2 aromatic heterocycles. The molecule has 0 radical (unpaired) electrons. The number of carbonyl (C=O) groups excluding carboxylic acids is 1. The largest absolute Gasteiger partial charge is 0.347 e. The molecule has 8 nitrogen and oxygen atoms in total. The molecule has 1 atom stereocenters. The van der Waals surface area contributed by atoms with E-state index in [0.29, 0.717) is 17.9 Å². The molecule has 3 rings (SSSR count). The van der Waals surface area contributed by atoms with Gasteiger partial charge in [0.2, 0.25) is 5.82 Å². The van der Waals surface area contributed by atoms with Gasteiger partial charge in [-0.15, -0.1) is 10.2 Å². The lowest BCUT2D eigenvalue weighted by molar-refractivity contribution is 0.0892. The third-order valence-corrected chi connectivity index (χ3v) is 4.22. The molecule has 0 saturated carbocycles. The molecule has 0 aliphatic carbocycles. The van der Waals surface area contributed by atoms with Gasteiger partial charge in [-0.1, -0.05) is 32.9 Å². The zero-order valence-corrected chi connectivity index (χ0v) is 15.4. The van der Waals surface area contributed by atoms with Crippen LogP contribution in [0.15, 0.2) is 43.0 Å². The minimum atomic E-state index is -0.108. The van der Waals surface area contributed by atoms with Crippen LogP contribution in [-0.4, -0.2) is 41.7 Å². The topological polar surface area (TPSA) is 90.5 Å². The first-order valence-corrected chi connectivity index (χ1v) is 8.44. The van der Waals surface area contributed by atoms with Gasteiger partial charge in [-0.3, -0.25) is 4.79 Å². The second kappa shape index (κ2) is 7.07. The van der Waals surface area contributed by atoms with Gasteiger partial charge in [0.1, 0.15) is 0 Å². The lowest BCUT2D eigenvalue weighted by atomic mass is 9.86. The smallest absolute Gasteiger partial charge is 0.251 e. The summed E-state index contributed by atoms with van der Waals surface area (Å²) in [5.41, 5.74) is 1.32. The Bertz CT molecular complexity index is 860. The van der Waals surface area contributed by atoms with Gasteiger partial charge in [-0.2, -0.15) is 4.80 Å². The number of aromatic nitrogens is 6. The van der Waals surface area contributed by atoms with E-state index in [1.165, 1.54) is 4.80 Å². The highest BCUT2D eigenvalue weighted by molar-refractivity contribution is 5.94. The molecule has 1 amide bonds. The molecule has 0 aliphatic heterocycles. The van der Waals surface area contributed by atoms with E-state index in [0.717, 1.165) is 5.56 Å². The molecule has 0 bridgehead atoms. The monoisotopic (exact) mass is 353 g/mol. The second-order valence-corrected chi connectivity index (χ2v) is 7.33. The zero-order chi connectivity index (χ0) is 18.7. The first-order chi connectivity index (χ1) is 12.3. The Kier molecular flexibility index (Phi) is 4.83. The van der Waals surface area contributed by atoms with Gasteiger partial charge in [0.15, 0.2) is 0 Å². The van der Waals surface area contributed by atoms with E-state index in [1.807, 2.05) is 22.9 Å². The van der Waals surface area contributed by atoms with Crippen molar-refractivity contribution in [1.29, 1.82) is 0 Å². The summed E-state index contributed by atoms with van der Waals surface area (Å²) < 4.78 is 1.97. The SMILES string of the molecule is Cn1nnc(-c2ccc(C(=O)N[C@H](Cn3ccnc3)C(C)(C)C)cc2)n1. The highest BCUT2D eigenvalue weighted by atomic mass is 16.1. The number of hydrogen-bond acceptors (Lipinski definition) is 5. The normalized spacial score (nSPS) is 12.8. The van der Waals surface area contributed by atoms with E-state index in [2.05, 4.69) is 46.5 Å². The van der Waals surface area contributed by atoms with Gasteiger partial charge in [0.25, 0.3) is 5.91 Å². The summed E-state index contributed by atoms with van der Waals surface area (Å²) >= 11 is 0. The van der Waals surface area contributed by atoms with Gasteiger partial charge >= 0.3 is 0 Å². The van der Waals surface area contributed by atoms with E-state index in [1.54, 1.807) is 31.7 Å². The highest BCUT2D eigenvalue weighted by Crippen LogP contribution is 2.22. The van der Waals surface area contributed by atoms with Crippen LogP contribution in [0, 0.1) is 5.41 Å². The second-order valence-electron chi connectivity index (χ2n) is 7.33. The maximum atomic E-state index is 12.7. The standard InChI is InChI=1S/C18H23N7O/c1-18(2,3)15(11-25-10-9-19-12-25)20-17(26)14-7-5-13(6-8-14)16-21-23-24(4)22-16/h5-10,12,15H,11H2,1-4H3,(H,20,26)/t15-/m1/s1. The number of hydrogen-bond donors (Lipinski definition) is 1. The first-order valence-electron chi connectivity index (χ1n) is 8.44. The average Bonchev–Trinajstić information content (AvgIpc) is 3.25. The number of nitrogens with zero attached hydrogens (tertiary/aromatic N) is 6. The van der Waals surface area contributed by atoms with Crippen LogP contribution in [0.5, 0.6) is 0 Å².